The molecule has 0 fully saturated rings. The second-order valence-corrected chi connectivity index (χ2v) is 3.89. The molecule has 0 unspecified atom stereocenters. The Morgan fingerprint density at radius 3 is 2.89 bits per heavy atom. The van der Waals surface area contributed by atoms with E-state index >= 15 is 0 Å². The van der Waals surface area contributed by atoms with Crippen LogP contribution in [0.3, 0.4) is 0 Å². The maximum atomic E-state index is 11.9. The fourth-order valence-electron chi connectivity index (χ4n) is 1.67. The highest BCUT2D eigenvalue weighted by atomic mass is 16.5. The van der Waals surface area contributed by atoms with Crippen molar-refractivity contribution < 1.29 is 14.6 Å². The number of fused-ring (bicyclic) bond motifs is 1. The zero-order chi connectivity index (χ0) is 13.1. The van der Waals surface area contributed by atoms with Gasteiger partial charge in [-0.2, -0.15) is 0 Å². The molecular formula is C13H13NO4. The average molecular weight is 247 g/mol. The van der Waals surface area contributed by atoms with Crippen LogP contribution in [0.5, 0.6) is 5.75 Å². The molecule has 0 bridgehead atoms. The number of hydrogen-bond acceptors (Lipinski definition) is 3. The van der Waals surface area contributed by atoms with E-state index in [2.05, 4.69) is 4.98 Å². The Labute approximate surface area is 103 Å². The molecule has 1 aromatic carbocycles. The van der Waals surface area contributed by atoms with E-state index in [0.29, 0.717) is 23.3 Å². The van der Waals surface area contributed by atoms with Crippen molar-refractivity contribution in [1.29, 1.82) is 0 Å². The lowest BCUT2D eigenvalue weighted by Crippen LogP contribution is -2.15. The molecule has 2 aromatic rings. The third kappa shape index (κ3) is 2.20. The zero-order valence-electron chi connectivity index (χ0n) is 9.90. The lowest BCUT2D eigenvalue weighted by atomic mass is 10.1. The summed E-state index contributed by atoms with van der Waals surface area (Å²) in [5.74, 6) is -0.576. The molecule has 94 valence electrons. The minimum absolute atomic E-state index is 0.260. The largest absolute Gasteiger partial charge is 0.494 e. The molecule has 18 heavy (non-hydrogen) atoms. The van der Waals surface area contributed by atoms with Gasteiger partial charge in [0.1, 0.15) is 11.3 Å². The van der Waals surface area contributed by atoms with Gasteiger partial charge in [-0.3, -0.25) is 4.79 Å². The van der Waals surface area contributed by atoms with Crippen LogP contribution >= 0.6 is 0 Å². The number of carboxylic acid groups (broad SMARTS) is 1. The number of aromatic nitrogens is 1. The van der Waals surface area contributed by atoms with Crippen LogP contribution < -0.4 is 10.2 Å². The number of benzene rings is 1. The Hall–Kier alpha value is -2.30. The maximum absolute atomic E-state index is 11.9. The van der Waals surface area contributed by atoms with Crippen molar-refractivity contribution in [2.45, 2.75) is 13.3 Å². The van der Waals surface area contributed by atoms with E-state index in [0.717, 1.165) is 6.42 Å². The molecule has 5 nitrogen and oxygen atoms in total. The first-order valence-corrected chi connectivity index (χ1v) is 5.65. The number of nitrogens with one attached hydrogen (secondary N) is 1. The van der Waals surface area contributed by atoms with Gasteiger partial charge >= 0.3 is 5.97 Å². The van der Waals surface area contributed by atoms with E-state index in [4.69, 9.17) is 9.84 Å². The molecular weight excluding hydrogens is 234 g/mol. The van der Waals surface area contributed by atoms with Gasteiger partial charge in [-0.25, -0.2) is 4.79 Å². The summed E-state index contributed by atoms with van der Waals surface area (Å²) in [4.78, 5) is 25.5. The molecule has 0 saturated carbocycles. The molecule has 0 spiro atoms. The number of carbonyl (C=O) groups is 1. The topological polar surface area (TPSA) is 79.4 Å². The van der Waals surface area contributed by atoms with Gasteiger partial charge in [-0.15, -0.1) is 0 Å². The molecule has 0 aliphatic rings. The maximum Gasteiger partial charge on any atom is 0.341 e. The van der Waals surface area contributed by atoms with Crippen molar-refractivity contribution in [3.8, 4) is 5.75 Å². The van der Waals surface area contributed by atoms with Gasteiger partial charge in [0, 0.05) is 17.6 Å². The predicted molar refractivity (Wildman–Crippen MR) is 67.3 cm³/mol. The van der Waals surface area contributed by atoms with Gasteiger partial charge in [0.25, 0.3) is 0 Å². The molecule has 5 heteroatoms. The number of carboxylic acids is 1. The quantitative estimate of drug-likeness (QED) is 0.866. The van der Waals surface area contributed by atoms with Crippen LogP contribution in [0.25, 0.3) is 10.9 Å². The van der Waals surface area contributed by atoms with Gasteiger partial charge < -0.3 is 14.8 Å². The van der Waals surface area contributed by atoms with Crippen LogP contribution in [0.4, 0.5) is 0 Å². The summed E-state index contributed by atoms with van der Waals surface area (Å²) < 4.78 is 5.44. The van der Waals surface area contributed by atoms with E-state index < -0.39 is 11.4 Å². The van der Waals surface area contributed by atoms with E-state index in [1.54, 1.807) is 18.2 Å². The standard InChI is InChI=1S/C13H13NO4/c1-2-5-18-8-3-4-9-11(6-8)14-7-10(12(9)15)13(16)17/h3-4,6-7H,2,5H2,1H3,(H,14,15)(H,16,17). The van der Waals surface area contributed by atoms with Crippen LogP contribution in [0.1, 0.15) is 23.7 Å². The highest BCUT2D eigenvalue weighted by Crippen LogP contribution is 2.17. The summed E-state index contributed by atoms with van der Waals surface area (Å²) in [6, 6.07) is 4.93. The van der Waals surface area contributed by atoms with Crippen molar-refractivity contribution >= 4 is 16.9 Å². The van der Waals surface area contributed by atoms with Gasteiger partial charge in [0.2, 0.25) is 5.43 Å². The van der Waals surface area contributed by atoms with Crippen molar-refractivity contribution in [2.75, 3.05) is 6.61 Å². The first kappa shape index (κ1) is 12.2. The first-order valence-electron chi connectivity index (χ1n) is 5.65. The zero-order valence-corrected chi connectivity index (χ0v) is 9.90. The van der Waals surface area contributed by atoms with Gasteiger partial charge in [-0.05, 0) is 18.6 Å². The second kappa shape index (κ2) is 4.91. The highest BCUT2D eigenvalue weighted by Gasteiger charge is 2.11. The second-order valence-electron chi connectivity index (χ2n) is 3.89. The number of aromatic carboxylic acids is 1. The molecule has 0 amide bonds. The Balaban J connectivity index is 2.51. The van der Waals surface area contributed by atoms with E-state index in [9.17, 15) is 9.59 Å². The Kier molecular flexibility index (Phi) is 3.32. The summed E-state index contributed by atoms with van der Waals surface area (Å²) >= 11 is 0. The van der Waals surface area contributed by atoms with Crippen LogP contribution in [-0.2, 0) is 0 Å². The summed E-state index contributed by atoms with van der Waals surface area (Å²) in [7, 11) is 0. The molecule has 1 aromatic heterocycles. The van der Waals surface area contributed by atoms with Gasteiger partial charge in [0.15, 0.2) is 0 Å². The Bertz CT molecular complexity index is 645. The number of ether oxygens (including phenoxy) is 1. The highest BCUT2D eigenvalue weighted by molar-refractivity contribution is 5.92. The van der Waals surface area contributed by atoms with E-state index in [1.165, 1.54) is 6.20 Å². The third-order valence-electron chi connectivity index (χ3n) is 2.56. The minimum Gasteiger partial charge on any atom is -0.494 e. The van der Waals surface area contributed by atoms with Gasteiger partial charge in [-0.1, -0.05) is 6.92 Å². The molecule has 1 heterocycles. The number of pyridine rings is 1. The smallest absolute Gasteiger partial charge is 0.341 e. The third-order valence-corrected chi connectivity index (χ3v) is 2.56. The summed E-state index contributed by atoms with van der Waals surface area (Å²) in [6.07, 6.45) is 2.10. The summed E-state index contributed by atoms with van der Waals surface area (Å²) in [5, 5.41) is 9.20. The normalized spacial score (nSPS) is 10.5. The molecule has 0 atom stereocenters. The van der Waals surface area contributed by atoms with Crippen LogP contribution in [-0.4, -0.2) is 22.7 Å². The fraction of sp³-hybridized carbons (Fsp3) is 0.231. The van der Waals surface area contributed by atoms with Gasteiger partial charge in [0.05, 0.1) is 12.1 Å². The van der Waals surface area contributed by atoms with E-state index in [1.807, 2.05) is 6.92 Å². The first-order chi connectivity index (χ1) is 8.63. The number of aromatic amines is 1. The van der Waals surface area contributed by atoms with Crippen LogP contribution in [0.15, 0.2) is 29.2 Å². The molecule has 0 aliphatic carbocycles. The van der Waals surface area contributed by atoms with Crippen molar-refractivity contribution in [3.63, 3.8) is 0 Å². The van der Waals surface area contributed by atoms with E-state index in [-0.39, 0.29) is 5.56 Å². The fourth-order valence-corrected chi connectivity index (χ4v) is 1.67. The number of hydrogen-bond donors (Lipinski definition) is 2. The molecule has 0 saturated heterocycles. The predicted octanol–water partition coefficient (Wildman–Crippen LogP) is 2.02. The van der Waals surface area contributed by atoms with Crippen molar-refractivity contribution in [2.24, 2.45) is 0 Å². The monoisotopic (exact) mass is 247 g/mol. The molecule has 2 rings (SSSR count). The van der Waals surface area contributed by atoms with Crippen LogP contribution in [0.2, 0.25) is 0 Å². The molecule has 2 N–H and O–H groups in total. The molecule has 0 radical (unpaired) electrons. The minimum atomic E-state index is -1.23. The number of H-pyrrole nitrogens is 1. The molecule has 0 aliphatic heterocycles. The van der Waals surface area contributed by atoms with Crippen LogP contribution in [0, 0.1) is 0 Å². The SMILES string of the molecule is CCCOc1ccc2c(=O)c(C(=O)O)c[nH]c2c1. The van der Waals surface area contributed by atoms with Crippen molar-refractivity contribution in [3.05, 3.63) is 40.2 Å². The average Bonchev–Trinajstić information content (AvgIpc) is 2.36. The summed E-state index contributed by atoms with van der Waals surface area (Å²) in [5.41, 5.74) is -0.179. The summed E-state index contributed by atoms with van der Waals surface area (Å²) in [6.45, 7) is 2.60. The Morgan fingerprint density at radius 2 is 2.22 bits per heavy atom. The van der Waals surface area contributed by atoms with Crippen molar-refractivity contribution in [1.82, 2.24) is 4.98 Å². The number of rotatable bonds is 4. The lowest BCUT2D eigenvalue weighted by Gasteiger charge is -2.06. The lowest BCUT2D eigenvalue weighted by molar-refractivity contribution is 0.0695. The Morgan fingerprint density at radius 1 is 1.44 bits per heavy atom.